The monoisotopic (exact) mass is 285 g/mol. The summed E-state index contributed by atoms with van der Waals surface area (Å²) in [5, 5.41) is 0. The molecule has 1 aliphatic carbocycles. The maximum absolute atomic E-state index is 13.9. The van der Waals surface area contributed by atoms with Crippen LogP contribution in [0.15, 0.2) is 42.5 Å². The van der Waals surface area contributed by atoms with E-state index in [0.29, 0.717) is 18.3 Å². The molecular weight excluding hydrogens is 265 g/mol. The van der Waals surface area contributed by atoms with Crippen LogP contribution in [0, 0.1) is 5.82 Å². The van der Waals surface area contributed by atoms with Crippen molar-refractivity contribution in [3.05, 3.63) is 65.0 Å². The second-order valence-corrected chi connectivity index (χ2v) is 5.53. The van der Waals surface area contributed by atoms with Gasteiger partial charge in [0.1, 0.15) is 0 Å². The Hall–Kier alpha value is -1.87. The van der Waals surface area contributed by atoms with E-state index < -0.39 is 0 Å². The van der Waals surface area contributed by atoms with Crippen molar-refractivity contribution >= 4 is 0 Å². The first kappa shape index (κ1) is 14.1. The van der Waals surface area contributed by atoms with Gasteiger partial charge >= 0.3 is 0 Å². The summed E-state index contributed by atoms with van der Waals surface area (Å²) >= 11 is 0. The molecule has 0 aromatic heterocycles. The van der Waals surface area contributed by atoms with E-state index in [1.165, 1.54) is 17.2 Å². The van der Waals surface area contributed by atoms with Gasteiger partial charge in [0.15, 0.2) is 11.6 Å². The van der Waals surface area contributed by atoms with Gasteiger partial charge in [0.05, 0.1) is 6.61 Å². The van der Waals surface area contributed by atoms with Gasteiger partial charge in [-0.15, -0.1) is 0 Å². The molecule has 0 saturated heterocycles. The van der Waals surface area contributed by atoms with Crippen LogP contribution in [-0.2, 0) is 13.0 Å². The average Bonchev–Trinajstić information content (AvgIpc) is 2.53. The summed E-state index contributed by atoms with van der Waals surface area (Å²) in [6, 6.07) is 13.4. The van der Waals surface area contributed by atoms with Crippen LogP contribution in [0.3, 0.4) is 0 Å². The van der Waals surface area contributed by atoms with Gasteiger partial charge in [-0.2, -0.15) is 0 Å². The lowest BCUT2D eigenvalue weighted by molar-refractivity contribution is 0.260. The van der Waals surface area contributed by atoms with Crippen LogP contribution in [0.5, 0.6) is 5.75 Å². The second-order valence-electron chi connectivity index (χ2n) is 5.53. The van der Waals surface area contributed by atoms with Crippen molar-refractivity contribution in [1.29, 1.82) is 0 Å². The van der Waals surface area contributed by atoms with E-state index >= 15 is 0 Å². The molecule has 0 saturated carbocycles. The fourth-order valence-electron chi connectivity index (χ4n) is 3.09. The molecule has 3 rings (SSSR count). The lowest BCUT2D eigenvalue weighted by Gasteiger charge is -2.26. The summed E-state index contributed by atoms with van der Waals surface area (Å²) in [4.78, 5) is 0. The Morgan fingerprint density at radius 3 is 2.86 bits per heavy atom. The Kier molecular flexibility index (Phi) is 4.20. The lowest BCUT2D eigenvalue weighted by Crippen LogP contribution is -2.17. The molecule has 2 aromatic carbocycles. The van der Waals surface area contributed by atoms with Crippen LogP contribution in [0.25, 0.3) is 0 Å². The number of aryl methyl sites for hydroxylation is 1. The van der Waals surface area contributed by atoms with E-state index in [9.17, 15) is 4.39 Å². The SMILES string of the molecule is NCc1cccc(F)c1OCC1CCCc2ccccc21. The summed E-state index contributed by atoms with van der Waals surface area (Å²) in [6.45, 7) is 0.791. The Morgan fingerprint density at radius 1 is 1.14 bits per heavy atom. The van der Waals surface area contributed by atoms with Gasteiger partial charge in [-0.3, -0.25) is 0 Å². The largest absolute Gasteiger partial charge is 0.490 e. The normalized spacial score (nSPS) is 17.3. The number of para-hydroxylation sites is 1. The molecule has 0 radical (unpaired) electrons. The molecule has 0 bridgehead atoms. The molecule has 3 heteroatoms. The van der Waals surface area contributed by atoms with Gasteiger partial charge in [0, 0.05) is 18.0 Å². The van der Waals surface area contributed by atoms with Crippen molar-refractivity contribution in [3.8, 4) is 5.75 Å². The van der Waals surface area contributed by atoms with E-state index in [4.69, 9.17) is 10.5 Å². The predicted molar refractivity (Wildman–Crippen MR) is 81.9 cm³/mol. The lowest BCUT2D eigenvalue weighted by atomic mass is 9.83. The highest BCUT2D eigenvalue weighted by Crippen LogP contribution is 2.33. The molecule has 110 valence electrons. The quantitative estimate of drug-likeness (QED) is 0.927. The van der Waals surface area contributed by atoms with Crippen molar-refractivity contribution in [2.45, 2.75) is 31.7 Å². The third-order valence-corrected chi connectivity index (χ3v) is 4.19. The summed E-state index contributed by atoms with van der Waals surface area (Å²) in [7, 11) is 0. The fourth-order valence-corrected chi connectivity index (χ4v) is 3.09. The Labute approximate surface area is 124 Å². The smallest absolute Gasteiger partial charge is 0.165 e. The molecule has 2 N–H and O–H groups in total. The summed E-state index contributed by atoms with van der Waals surface area (Å²) in [6.07, 6.45) is 3.37. The van der Waals surface area contributed by atoms with E-state index in [2.05, 4.69) is 24.3 Å². The molecular formula is C18H20FNO. The minimum absolute atomic E-state index is 0.286. The molecule has 0 heterocycles. The number of halogens is 1. The van der Waals surface area contributed by atoms with Gasteiger partial charge in [0.2, 0.25) is 0 Å². The van der Waals surface area contributed by atoms with Crippen LogP contribution < -0.4 is 10.5 Å². The molecule has 0 aliphatic heterocycles. The van der Waals surface area contributed by atoms with Gasteiger partial charge < -0.3 is 10.5 Å². The molecule has 0 amide bonds. The first-order valence-electron chi connectivity index (χ1n) is 7.47. The first-order valence-corrected chi connectivity index (χ1v) is 7.47. The Bertz CT molecular complexity index is 626. The van der Waals surface area contributed by atoms with Crippen LogP contribution in [0.1, 0.15) is 35.4 Å². The molecule has 0 fully saturated rings. The van der Waals surface area contributed by atoms with Crippen molar-refractivity contribution in [3.63, 3.8) is 0 Å². The Balaban J connectivity index is 1.78. The highest BCUT2D eigenvalue weighted by atomic mass is 19.1. The van der Waals surface area contributed by atoms with Crippen molar-refractivity contribution in [2.24, 2.45) is 5.73 Å². The van der Waals surface area contributed by atoms with Crippen LogP contribution in [-0.4, -0.2) is 6.61 Å². The van der Waals surface area contributed by atoms with Gasteiger partial charge in [-0.05, 0) is 36.5 Å². The van der Waals surface area contributed by atoms with Crippen molar-refractivity contribution < 1.29 is 9.13 Å². The summed E-state index contributed by atoms with van der Waals surface area (Å²) in [5.41, 5.74) is 9.12. The van der Waals surface area contributed by atoms with Gasteiger partial charge in [-0.25, -0.2) is 4.39 Å². The number of nitrogens with two attached hydrogens (primary N) is 1. The molecule has 2 aromatic rings. The number of benzene rings is 2. The Morgan fingerprint density at radius 2 is 2.00 bits per heavy atom. The zero-order valence-electron chi connectivity index (χ0n) is 12.0. The first-order chi connectivity index (χ1) is 10.3. The number of hydrogen-bond donors (Lipinski definition) is 1. The second kappa shape index (κ2) is 6.27. The maximum atomic E-state index is 13.9. The average molecular weight is 285 g/mol. The van der Waals surface area contributed by atoms with E-state index in [1.807, 2.05) is 6.07 Å². The highest BCUT2D eigenvalue weighted by Gasteiger charge is 2.21. The summed E-state index contributed by atoms with van der Waals surface area (Å²) in [5.74, 6) is 0.310. The predicted octanol–water partition coefficient (Wildman–Crippen LogP) is 3.78. The molecule has 1 unspecified atom stereocenters. The van der Waals surface area contributed by atoms with Gasteiger partial charge in [-0.1, -0.05) is 36.4 Å². The minimum atomic E-state index is -0.331. The summed E-state index contributed by atoms with van der Waals surface area (Å²) < 4.78 is 19.7. The third-order valence-electron chi connectivity index (χ3n) is 4.19. The number of hydrogen-bond acceptors (Lipinski definition) is 2. The topological polar surface area (TPSA) is 35.2 Å². The number of fused-ring (bicyclic) bond motifs is 1. The standard InChI is InChI=1S/C18H20FNO/c19-17-10-4-7-14(11-20)18(17)21-12-15-8-3-6-13-5-1-2-9-16(13)15/h1-2,4-5,7,9-10,15H,3,6,8,11-12,20H2. The van der Waals surface area contributed by atoms with E-state index in [1.54, 1.807) is 6.07 Å². The molecule has 1 aliphatic rings. The highest BCUT2D eigenvalue weighted by molar-refractivity contribution is 5.36. The zero-order valence-corrected chi connectivity index (χ0v) is 12.0. The molecule has 2 nitrogen and oxygen atoms in total. The van der Waals surface area contributed by atoms with Crippen molar-refractivity contribution in [1.82, 2.24) is 0 Å². The number of ether oxygens (including phenoxy) is 1. The van der Waals surface area contributed by atoms with E-state index in [-0.39, 0.29) is 12.4 Å². The molecule has 21 heavy (non-hydrogen) atoms. The maximum Gasteiger partial charge on any atom is 0.165 e. The van der Waals surface area contributed by atoms with Crippen LogP contribution >= 0.6 is 0 Å². The molecule has 0 spiro atoms. The third kappa shape index (κ3) is 2.93. The van der Waals surface area contributed by atoms with Gasteiger partial charge in [0.25, 0.3) is 0 Å². The van der Waals surface area contributed by atoms with Crippen LogP contribution in [0.4, 0.5) is 4.39 Å². The van der Waals surface area contributed by atoms with Crippen LogP contribution in [0.2, 0.25) is 0 Å². The zero-order chi connectivity index (χ0) is 14.7. The molecule has 1 atom stereocenters. The van der Waals surface area contributed by atoms with Crippen molar-refractivity contribution in [2.75, 3.05) is 6.61 Å². The van der Waals surface area contributed by atoms with E-state index in [0.717, 1.165) is 24.8 Å². The fraction of sp³-hybridized carbons (Fsp3) is 0.333. The minimum Gasteiger partial charge on any atom is -0.490 e. The number of rotatable bonds is 4.